The topological polar surface area (TPSA) is 68.4 Å². The van der Waals surface area contributed by atoms with E-state index in [-0.39, 0.29) is 0 Å². The number of aromatic nitrogens is 5. The molecule has 4 aromatic rings. The average molecular weight is 346 g/mol. The lowest BCUT2D eigenvalue weighted by atomic mass is 10.1. The van der Waals surface area contributed by atoms with Gasteiger partial charge in [0.2, 0.25) is 0 Å². The van der Waals surface area contributed by atoms with Crippen LogP contribution in [-0.2, 0) is 13.1 Å². The van der Waals surface area contributed by atoms with Gasteiger partial charge in [0, 0.05) is 13.1 Å². The lowest BCUT2D eigenvalue weighted by molar-refractivity contribution is 0.414. The number of fused-ring (bicyclic) bond motifs is 1. The number of anilines is 1. The van der Waals surface area contributed by atoms with Crippen molar-refractivity contribution >= 4 is 11.5 Å². The maximum atomic E-state index is 5.24. The average Bonchev–Trinajstić information content (AvgIpc) is 3.17. The normalized spacial score (nSPS) is 10.8. The number of nitrogens with zero attached hydrogens (tertiary/aromatic N) is 6. The van der Waals surface area contributed by atoms with Crippen LogP contribution < -0.4 is 9.64 Å². The molecule has 26 heavy (non-hydrogen) atoms. The van der Waals surface area contributed by atoms with Crippen molar-refractivity contribution in [3.05, 3.63) is 77.9 Å². The van der Waals surface area contributed by atoms with Gasteiger partial charge in [-0.3, -0.25) is 0 Å². The van der Waals surface area contributed by atoms with Crippen molar-refractivity contribution in [3.63, 3.8) is 0 Å². The van der Waals surface area contributed by atoms with Crippen molar-refractivity contribution in [1.82, 2.24) is 25.3 Å². The largest absolute Gasteiger partial charge is 0.497 e. The van der Waals surface area contributed by atoms with Gasteiger partial charge in [0.1, 0.15) is 5.75 Å². The Balaban J connectivity index is 1.65. The van der Waals surface area contributed by atoms with Gasteiger partial charge in [-0.1, -0.05) is 42.5 Å². The van der Waals surface area contributed by atoms with Crippen molar-refractivity contribution in [3.8, 4) is 5.75 Å². The summed E-state index contributed by atoms with van der Waals surface area (Å²) < 4.78 is 6.69. The van der Waals surface area contributed by atoms with E-state index in [0.717, 1.165) is 18.1 Å². The molecular formula is C19H18N6O. The molecule has 4 rings (SSSR count). The molecule has 0 amide bonds. The predicted molar refractivity (Wildman–Crippen MR) is 97.9 cm³/mol. The van der Waals surface area contributed by atoms with E-state index in [0.29, 0.717) is 12.2 Å². The minimum absolute atomic E-state index is 0.623. The van der Waals surface area contributed by atoms with Crippen LogP contribution in [0.4, 0.5) is 5.82 Å². The molecule has 0 unspecified atom stereocenters. The Kier molecular flexibility index (Phi) is 4.42. The van der Waals surface area contributed by atoms with E-state index in [1.54, 1.807) is 7.11 Å². The smallest absolute Gasteiger partial charge is 0.200 e. The Morgan fingerprint density at radius 3 is 2.35 bits per heavy atom. The lowest BCUT2D eigenvalue weighted by Crippen LogP contribution is -2.24. The van der Waals surface area contributed by atoms with Crippen LogP contribution in [0.3, 0.4) is 0 Å². The molecule has 0 bridgehead atoms. The predicted octanol–water partition coefficient (Wildman–Crippen LogP) is 2.73. The number of rotatable bonds is 6. The molecule has 7 heteroatoms. The van der Waals surface area contributed by atoms with Gasteiger partial charge in [-0.05, 0) is 45.8 Å². The van der Waals surface area contributed by atoms with E-state index in [9.17, 15) is 0 Å². The fourth-order valence-corrected chi connectivity index (χ4v) is 2.78. The molecule has 7 nitrogen and oxygen atoms in total. The molecule has 130 valence electrons. The summed E-state index contributed by atoms with van der Waals surface area (Å²) in [5, 5.41) is 16.0. The van der Waals surface area contributed by atoms with Crippen LogP contribution in [0, 0.1) is 0 Å². The summed E-state index contributed by atoms with van der Waals surface area (Å²) in [6.45, 7) is 1.44. The highest BCUT2D eigenvalue weighted by Gasteiger charge is 2.12. The number of benzene rings is 2. The minimum Gasteiger partial charge on any atom is -0.497 e. The second-order valence-corrected chi connectivity index (χ2v) is 5.91. The molecule has 0 spiro atoms. The number of hydrogen-bond acceptors (Lipinski definition) is 6. The van der Waals surface area contributed by atoms with Gasteiger partial charge in [0.05, 0.1) is 7.11 Å². The zero-order valence-electron chi connectivity index (χ0n) is 14.4. The highest BCUT2D eigenvalue weighted by molar-refractivity contribution is 5.45. The number of tetrazole rings is 1. The third kappa shape index (κ3) is 3.46. The molecule has 0 N–H and O–H groups in total. The number of ether oxygens (including phenoxy) is 1. The van der Waals surface area contributed by atoms with Crippen molar-refractivity contribution < 1.29 is 4.74 Å². The van der Waals surface area contributed by atoms with Gasteiger partial charge in [0.15, 0.2) is 11.5 Å². The summed E-state index contributed by atoms with van der Waals surface area (Å²) >= 11 is 0. The van der Waals surface area contributed by atoms with Crippen LogP contribution in [0.2, 0.25) is 0 Å². The van der Waals surface area contributed by atoms with E-state index < -0.39 is 0 Å². The molecule has 0 radical (unpaired) electrons. The Morgan fingerprint density at radius 1 is 0.885 bits per heavy atom. The van der Waals surface area contributed by atoms with Gasteiger partial charge < -0.3 is 9.64 Å². The summed E-state index contributed by atoms with van der Waals surface area (Å²) in [7, 11) is 1.67. The van der Waals surface area contributed by atoms with Gasteiger partial charge in [-0.15, -0.1) is 14.8 Å². The fourth-order valence-electron chi connectivity index (χ4n) is 2.78. The van der Waals surface area contributed by atoms with E-state index in [1.165, 1.54) is 15.8 Å². The zero-order valence-corrected chi connectivity index (χ0v) is 14.4. The molecule has 2 aromatic carbocycles. The van der Waals surface area contributed by atoms with Gasteiger partial charge in [-0.2, -0.15) is 0 Å². The molecule has 0 aliphatic carbocycles. The van der Waals surface area contributed by atoms with Crippen molar-refractivity contribution in [2.45, 2.75) is 13.1 Å². The van der Waals surface area contributed by atoms with E-state index >= 15 is 0 Å². The first-order valence-electron chi connectivity index (χ1n) is 8.29. The minimum atomic E-state index is 0.623. The van der Waals surface area contributed by atoms with Crippen LogP contribution in [0.25, 0.3) is 5.65 Å². The molecule has 0 atom stereocenters. The summed E-state index contributed by atoms with van der Waals surface area (Å²) in [4.78, 5) is 2.19. The first kappa shape index (κ1) is 16.0. The Bertz CT molecular complexity index is 984. The summed E-state index contributed by atoms with van der Waals surface area (Å²) in [5.41, 5.74) is 3.00. The monoisotopic (exact) mass is 346 g/mol. The first-order chi connectivity index (χ1) is 12.8. The maximum Gasteiger partial charge on any atom is 0.200 e. The second-order valence-electron chi connectivity index (χ2n) is 5.91. The zero-order chi connectivity index (χ0) is 17.8. The summed E-state index contributed by atoms with van der Waals surface area (Å²) in [6, 6.07) is 22.2. The quantitative estimate of drug-likeness (QED) is 0.535. The second kappa shape index (κ2) is 7.18. The third-order valence-electron chi connectivity index (χ3n) is 4.13. The first-order valence-corrected chi connectivity index (χ1v) is 8.29. The number of methoxy groups -OCH3 is 1. The van der Waals surface area contributed by atoms with E-state index in [1.807, 2.05) is 42.5 Å². The van der Waals surface area contributed by atoms with E-state index in [2.05, 4.69) is 49.8 Å². The van der Waals surface area contributed by atoms with Crippen LogP contribution >= 0.6 is 0 Å². The highest BCUT2D eigenvalue weighted by Crippen LogP contribution is 2.20. The Labute approximate surface area is 150 Å². The maximum absolute atomic E-state index is 5.24. The van der Waals surface area contributed by atoms with Crippen molar-refractivity contribution in [1.29, 1.82) is 0 Å². The van der Waals surface area contributed by atoms with Crippen molar-refractivity contribution in [2.24, 2.45) is 0 Å². The van der Waals surface area contributed by atoms with Crippen LogP contribution in [0.15, 0.2) is 66.7 Å². The lowest BCUT2D eigenvalue weighted by Gasteiger charge is -2.24. The van der Waals surface area contributed by atoms with Gasteiger partial charge in [-0.25, -0.2) is 0 Å². The van der Waals surface area contributed by atoms with Gasteiger partial charge >= 0.3 is 0 Å². The number of hydrogen-bond donors (Lipinski definition) is 0. The molecular weight excluding hydrogens is 328 g/mol. The Morgan fingerprint density at radius 2 is 1.62 bits per heavy atom. The van der Waals surface area contributed by atoms with Gasteiger partial charge in [0.25, 0.3) is 0 Å². The summed E-state index contributed by atoms with van der Waals surface area (Å²) in [5.74, 6) is 1.65. The fraction of sp³-hybridized carbons (Fsp3) is 0.158. The van der Waals surface area contributed by atoms with Crippen molar-refractivity contribution in [2.75, 3.05) is 12.0 Å². The van der Waals surface area contributed by atoms with Crippen LogP contribution in [0.1, 0.15) is 11.1 Å². The molecule has 0 fully saturated rings. The SMILES string of the molecule is COc1ccc(CN(Cc2ccccc2)c2ccc3nnnn3n2)cc1. The molecule has 0 aliphatic rings. The molecule has 0 saturated carbocycles. The Hall–Kier alpha value is -3.48. The van der Waals surface area contributed by atoms with Crippen LogP contribution in [-0.4, -0.2) is 32.4 Å². The third-order valence-corrected chi connectivity index (χ3v) is 4.13. The van der Waals surface area contributed by atoms with Crippen LogP contribution in [0.5, 0.6) is 5.75 Å². The molecule has 2 aromatic heterocycles. The van der Waals surface area contributed by atoms with E-state index in [4.69, 9.17) is 4.74 Å². The summed E-state index contributed by atoms with van der Waals surface area (Å²) in [6.07, 6.45) is 0. The molecule has 0 saturated heterocycles. The molecule has 0 aliphatic heterocycles. The standard InChI is InChI=1S/C19H18N6O/c1-26-17-9-7-16(8-10-17)14-24(13-15-5-3-2-4-6-15)19-12-11-18-20-22-23-25(18)21-19/h2-12H,13-14H2,1H3. The molecule has 2 heterocycles. The highest BCUT2D eigenvalue weighted by atomic mass is 16.5.